The highest BCUT2D eigenvalue weighted by Crippen LogP contribution is 2.31. The van der Waals surface area contributed by atoms with Crippen LogP contribution in [0.4, 0.5) is 5.69 Å². The van der Waals surface area contributed by atoms with Gasteiger partial charge in [0, 0.05) is 10.0 Å². The Hall–Kier alpha value is -2.92. The summed E-state index contributed by atoms with van der Waals surface area (Å²) in [6.45, 7) is 3.82. The molecule has 2 heterocycles. The number of carbonyl (C=O) groups is 1. The van der Waals surface area contributed by atoms with E-state index in [1.54, 1.807) is 6.08 Å². The molecule has 1 amide bonds. The average Bonchev–Trinajstić information content (AvgIpc) is 3.22. The summed E-state index contributed by atoms with van der Waals surface area (Å²) < 4.78 is 6.89. The number of benzene rings is 2. The van der Waals surface area contributed by atoms with Crippen LogP contribution < -0.4 is 5.01 Å². The highest BCUT2D eigenvalue weighted by molar-refractivity contribution is 9.10. The van der Waals surface area contributed by atoms with Gasteiger partial charge >= 0.3 is 0 Å². The summed E-state index contributed by atoms with van der Waals surface area (Å²) in [6, 6.07) is 19.3. The van der Waals surface area contributed by atoms with E-state index in [4.69, 9.17) is 4.42 Å². The third-order valence-electron chi connectivity index (χ3n) is 4.36. The predicted octanol–water partition coefficient (Wildman–Crippen LogP) is 5.82. The quantitative estimate of drug-likeness (QED) is 0.500. The van der Waals surface area contributed by atoms with Gasteiger partial charge in [0.05, 0.1) is 17.0 Å². The number of furan rings is 1. The Morgan fingerprint density at radius 2 is 1.85 bits per heavy atom. The van der Waals surface area contributed by atoms with Gasteiger partial charge in [-0.05, 0) is 55.8 Å². The van der Waals surface area contributed by atoms with Gasteiger partial charge in [0.2, 0.25) is 0 Å². The average molecular weight is 421 g/mol. The first-order valence-corrected chi connectivity index (χ1v) is 9.35. The van der Waals surface area contributed by atoms with Gasteiger partial charge in [-0.15, -0.1) is 0 Å². The highest BCUT2D eigenvalue weighted by atomic mass is 79.9. The molecule has 134 valence electrons. The third-order valence-corrected chi connectivity index (χ3v) is 5.05. The Labute approximate surface area is 165 Å². The minimum atomic E-state index is -0.156. The maximum Gasteiger partial charge on any atom is 0.280 e. The normalized spacial score (nSPS) is 15.5. The van der Waals surface area contributed by atoms with Gasteiger partial charge in [0.15, 0.2) is 0 Å². The molecule has 1 aromatic heterocycles. The molecule has 0 fully saturated rings. The number of anilines is 1. The lowest BCUT2D eigenvalue weighted by atomic mass is 10.1. The maximum absolute atomic E-state index is 12.9. The van der Waals surface area contributed by atoms with E-state index in [1.165, 1.54) is 5.01 Å². The van der Waals surface area contributed by atoms with Crippen LogP contribution in [0.3, 0.4) is 0 Å². The third kappa shape index (κ3) is 3.38. The van der Waals surface area contributed by atoms with Gasteiger partial charge in [0.25, 0.3) is 5.91 Å². The fourth-order valence-corrected chi connectivity index (χ4v) is 3.48. The number of nitrogens with zero attached hydrogens (tertiary/aromatic N) is 2. The molecule has 0 atom stereocenters. The van der Waals surface area contributed by atoms with Crippen molar-refractivity contribution in [2.24, 2.45) is 5.10 Å². The number of amides is 1. The molecular weight excluding hydrogens is 404 g/mol. The molecule has 27 heavy (non-hydrogen) atoms. The molecule has 0 radical (unpaired) electrons. The molecule has 0 spiro atoms. The SMILES string of the molecule is CC1=NN(c2cccc(C)c2)C(=O)C1=Cc1ccc(-c2ccccc2Br)o1. The van der Waals surface area contributed by atoms with Crippen LogP contribution in [0.25, 0.3) is 17.4 Å². The molecule has 0 N–H and O–H groups in total. The molecule has 0 bridgehead atoms. The van der Waals surface area contributed by atoms with E-state index in [9.17, 15) is 4.79 Å². The Kier molecular flexibility index (Phi) is 4.54. The molecule has 1 aliphatic heterocycles. The van der Waals surface area contributed by atoms with E-state index in [1.807, 2.05) is 74.5 Å². The lowest BCUT2D eigenvalue weighted by molar-refractivity contribution is -0.114. The van der Waals surface area contributed by atoms with Crippen molar-refractivity contribution >= 4 is 39.3 Å². The summed E-state index contributed by atoms with van der Waals surface area (Å²) in [5.74, 6) is 1.20. The van der Waals surface area contributed by atoms with Gasteiger partial charge in [0.1, 0.15) is 11.5 Å². The zero-order chi connectivity index (χ0) is 19.0. The number of hydrogen-bond acceptors (Lipinski definition) is 3. The Balaban J connectivity index is 1.65. The molecule has 4 rings (SSSR count). The fourth-order valence-electron chi connectivity index (χ4n) is 3.00. The van der Waals surface area contributed by atoms with Crippen molar-refractivity contribution in [3.63, 3.8) is 0 Å². The van der Waals surface area contributed by atoms with Crippen LogP contribution in [0.1, 0.15) is 18.2 Å². The Morgan fingerprint density at radius 1 is 1.04 bits per heavy atom. The summed E-state index contributed by atoms with van der Waals surface area (Å²) in [6.07, 6.45) is 1.75. The van der Waals surface area contributed by atoms with Crippen molar-refractivity contribution in [1.29, 1.82) is 0 Å². The van der Waals surface area contributed by atoms with E-state index in [0.29, 0.717) is 17.0 Å². The highest BCUT2D eigenvalue weighted by Gasteiger charge is 2.29. The topological polar surface area (TPSA) is 45.8 Å². The van der Waals surface area contributed by atoms with Crippen molar-refractivity contribution < 1.29 is 9.21 Å². The van der Waals surface area contributed by atoms with Crippen molar-refractivity contribution in [1.82, 2.24) is 0 Å². The first kappa shape index (κ1) is 17.5. The minimum absolute atomic E-state index is 0.156. The van der Waals surface area contributed by atoms with Crippen LogP contribution >= 0.6 is 15.9 Å². The van der Waals surface area contributed by atoms with E-state index in [2.05, 4.69) is 21.0 Å². The van der Waals surface area contributed by atoms with Crippen LogP contribution in [0.2, 0.25) is 0 Å². The number of rotatable bonds is 3. The van der Waals surface area contributed by atoms with Crippen molar-refractivity contribution in [3.8, 4) is 11.3 Å². The zero-order valence-corrected chi connectivity index (χ0v) is 16.5. The number of halogens is 1. The summed E-state index contributed by atoms with van der Waals surface area (Å²) in [4.78, 5) is 12.9. The lowest BCUT2D eigenvalue weighted by Crippen LogP contribution is -2.21. The van der Waals surface area contributed by atoms with Gasteiger partial charge in [-0.25, -0.2) is 0 Å². The van der Waals surface area contributed by atoms with E-state index < -0.39 is 0 Å². The van der Waals surface area contributed by atoms with Crippen LogP contribution in [0, 0.1) is 6.92 Å². The van der Waals surface area contributed by atoms with E-state index >= 15 is 0 Å². The molecule has 0 saturated heterocycles. The van der Waals surface area contributed by atoms with Crippen LogP contribution in [0.15, 0.2) is 80.2 Å². The van der Waals surface area contributed by atoms with Crippen LogP contribution in [-0.2, 0) is 4.79 Å². The molecular formula is C22H17BrN2O2. The zero-order valence-electron chi connectivity index (χ0n) is 14.9. The number of aryl methyl sites for hydroxylation is 1. The van der Waals surface area contributed by atoms with Crippen molar-refractivity contribution in [3.05, 3.63) is 82.0 Å². The first-order valence-electron chi connectivity index (χ1n) is 8.56. The lowest BCUT2D eigenvalue weighted by Gasteiger charge is -2.12. The molecule has 3 aromatic rings. The molecule has 0 unspecified atom stereocenters. The molecule has 5 heteroatoms. The molecule has 0 saturated carbocycles. The van der Waals surface area contributed by atoms with E-state index in [-0.39, 0.29) is 5.91 Å². The second-order valence-electron chi connectivity index (χ2n) is 6.38. The number of carbonyl (C=O) groups excluding carboxylic acids is 1. The maximum atomic E-state index is 12.9. The van der Waals surface area contributed by atoms with Crippen LogP contribution in [-0.4, -0.2) is 11.6 Å². The molecule has 1 aliphatic rings. The molecule has 0 aliphatic carbocycles. The Morgan fingerprint density at radius 3 is 2.63 bits per heavy atom. The smallest absolute Gasteiger partial charge is 0.280 e. The molecule has 2 aromatic carbocycles. The van der Waals surface area contributed by atoms with Gasteiger partial charge in [-0.1, -0.05) is 46.3 Å². The number of hydrogen-bond donors (Lipinski definition) is 0. The summed E-state index contributed by atoms with van der Waals surface area (Å²) in [5, 5.41) is 5.86. The standard InChI is InChI=1S/C22H17BrN2O2/c1-14-6-5-7-16(12-14)25-22(26)19(15(2)24-25)13-17-10-11-21(27-17)18-8-3-4-9-20(18)23/h3-13H,1-2H3. The van der Waals surface area contributed by atoms with Crippen molar-refractivity contribution in [2.45, 2.75) is 13.8 Å². The van der Waals surface area contributed by atoms with Crippen molar-refractivity contribution in [2.75, 3.05) is 5.01 Å². The second-order valence-corrected chi connectivity index (χ2v) is 7.24. The monoisotopic (exact) mass is 420 g/mol. The number of hydrazone groups is 1. The van der Waals surface area contributed by atoms with Gasteiger partial charge < -0.3 is 4.42 Å². The summed E-state index contributed by atoms with van der Waals surface area (Å²) in [5.41, 5.74) is 4.00. The molecule has 4 nitrogen and oxygen atoms in total. The van der Waals surface area contributed by atoms with Crippen LogP contribution in [0.5, 0.6) is 0 Å². The van der Waals surface area contributed by atoms with Gasteiger partial charge in [-0.2, -0.15) is 10.1 Å². The minimum Gasteiger partial charge on any atom is -0.457 e. The summed E-state index contributed by atoms with van der Waals surface area (Å²) >= 11 is 3.53. The summed E-state index contributed by atoms with van der Waals surface area (Å²) in [7, 11) is 0. The largest absolute Gasteiger partial charge is 0.457 e. The fraction of sp³-hybridized carbons (Fsp3) is 0.0909. The predicted molar refractivity (Wildman–Crippen MR) is 112 cm³/mol. The van der Waals surface area contributed by atoms with E-state index in [0.717, 1.165) is 27.0 Å². The Bertz CT molecular complexity index is 1090. The first-order chi connectivity index (χ1) is 13.0. The second kappa shape index (κ2) is 7.00. The van der Waals surface area contributed by atoms with Gasteiger partial charge in [-0.3, -0.25) is 4.79 Å².